The van der Waals surface area contributed by atoms with Crippen LogP contribution in [0, 0.1) is 6.92 Å². The molecule has 0 atom stereocenters. The Hall–Kier alpha value is -2.26. The lowest BCUT2D eigenvalue weighted by Gasteiger charge is -2.14. The summed E-state index contributed by atoms with van der Waals surface area (Å²) in [5.41, 5.74) is 4.27. The number of rotatable bonds is 4. The number of aromatic nitrogens is 1. The number of aryl methyl sites for hydroxylation is 1. The van der Waals surface area contributed by atoms with Gasteiger partial charge in [0.05, 0.1) is 11.2 Å². The number of carbonyl (C=O) groups excluding carboxylic acids is 1. The first-order chi connectivity index (χ1) is 11.1. The van der Waals surface area contributed by atoms with Crippen LogP contribution < -0.4 is 5.32 Å². The van der Waals surface area contributed by atoms with E-state index in [1.807, 2.05) is 37.3 Å². The summed E-state index contributed by atoms with van der Waals surface area (Å²) in [5, 5.41) is 4.80. The van der Waals surface area contributed by atoms with Crippen molar-refractivity contribution in [3.05, 3.63) is 64.8 Å². The number of nitrogens with one attached hydrogen (secondary N) is 1. The van der Waals surface area contributed by atoms with Gasteiger partial charge in [0.25, 0.3) is 0 Å². The maximum Gasteiger partial charge on any atom is 0.219 e. The molecule has 0 bridgehead atoms. The fraction of sp³-hybridized carbons (Fsp3) is 0.211. The lowest BCUT2D eigenvalue weighted by atomic mass is 10.1. The second-order valence-electron chi connectivity index (χ2n) is 5.57. The predicted octanol–water partition coefficient (Wildman–Crippen LogP) is 4.62. The van der Waals surface area contributed by atoms with E-state index in [0.717, 1.165) is 16.8 Å². The zero-order valence-corrected chi connectivity index (χ0v) is 14.0. The molecule has 0 aliphatic heterocycles. The Morgan fingerprint density at radius 2 is 1.96 bits per heavy atom. The van der Waals surface area contributed by atoms with Gasteiger partial charge in [0.2, 0.25) is 5.91 Å². The number of hydrogen-bond acceptors (Lipinski definition) is 1. The van der Waals surface area contributed by atoms with Crippen molar-refractivity contribution in [1.29, 1.82) is 0 Å². The molecule has 0 radical (unpaired) electrons. The van der Waals surface area contributed by atoms with Gasteiger partial charge in [0, 0.05) is 35.1 Å². The average Bonchev–Trinajstić information content (AvgIpc) is 2.90. The van der Waals surface area contributed by atoms with Crippen molar-refractivity contribution in [2.75, 3.05) is 0 Å². The zero-order chi connectivity index (χ0) is 16.4. The third kappa shape index (κ3) is 2.97. The Morgan fingerprint density at radius 3 is 2.74 bits per heavy atom. The van der Waals surface area contributed by atoms with Crippen LogP contribution in [0.3, 0.4) is 0 Å². The minimum absolute atomic E-state index is 0.0180. The summed E-state index contributed by atoms with van der Waals surface area (Å²) in [6.45, 7) is 4.36. The molecule has 2 aromatic carbocycles. The van der Waals surface area contributed by atoms with Gasteiger partial charge >= 0.3 is 0 Å². The molecule has 1 amide bonds. The van der Waals surface area contributed by atoms with Crippen LogP contribution in [0.25, 0.3) is 16.6 Å². The number of carbonyl (C=O) groups is 1. The van der Waals surface area contributed by atoms with Gasteiger partial charge < -0.3 is 9.88 Å². The summed E-state index contributed by atoms with van der Waals surface area (Å²) >= 11 is 6.40. The monoisotopic (exact) mass is 326 g/mol. The molecule has 0 unspecified atom stereocenters. The molecule has 3 nitrogen and oxygen atoms in total. The molecule has 0 fully saturated rings. The molecule has 1 aromatic heterocycles. The van der Waals surface area contributed by atoms with Gasteiger partial charge in [-0.2, -0.15) is 0 Å². The number of nitrogens with zero attached hydrogens (tertiary/aromatic N) is 1. The largest absolute Gasteiger partial charge is 0.352 e. The predicted molar refractivity (Wildman–Crippen MR) is 95.2 cm³/mol. The van der Waals surface area contributed by atoms with E-state index in [4.69, 9.17) is 11.6 Å². The summed E-state index contributed by atoms with van der Waals surface area (Å²) in [5.74, 6) is 0.0180. The van der Waals surface area contributed by atoms with Crippen LogP contribution in [0.5, 0.6) is 0 Å². The molecule has 3 aromatic rings. The maximum absolute atomic E-state index is 11.6. The van der Waals surface area contributed by atoms with Crippen LogP contribution in [0.1, 0.15) is 24.5 Å². The summed E-state index contributed by atoms with van der Waals surface area (Å²) in [6, 6.07) is 14.1. The maximum atomic E-state index is 11.6. The highest BCUT2D eigenvalue weighted by atomic mass is 35.5. The molecule has 118 valence electrons. The van der Waals surface area contributed by atoms with E-state index in [2.05, 4.69) is 35.1 Å². The van der Waals surface area contributed by atoms with Gasteiger partial charge in [-0.15, -0.1) is 0 Å². The first kappa shape index (κ1) is 15.6. The lowest BCUT2D eigenvalue weighted by Crippen LogP contribution is -2.22. The molecule has 1 heterocycles. The molecule has 3 rings (SSSR count). The van der Waals surface area contributed by atoms with Crippen molar-refractivity contribution in [3.8, 4) is 5.69 Å². The summed E-state index contributed by atoms with van der Waals surface area (Å²) in [4.78, 5) is 11.6. The first-order valence-electron chi connectivity index (χ1n) is 7.73. The standard InChI is InChI=1S/C19H19ClN2O/c1-3-19(23)21-11-15-16(20)8-6-10-18(15)22-12-13(2)14-7-4-5-9-17(14)22/h4-10,12H,3,11H2,1-2H3,(H,21,23). The minimum Gasteiger partial charge on any atom is -0.352 e. The van der Waals surface area contributed by atoms with Crippen molar-refractivity contribution in [3.63, 3.8) is 0 Å². The van der Waals surface area contributed by atoms with E-state index in [-0.39, 0.29) is 5.91 Å². The fourth-order valence-electron chi connectivity index (χ4n) is 2.81. The van der Waals surface area contributed by atoms with Crippen LogP contribution in [-0.4, -0.2) is 10.5 Å². The lowest BCUT2D eigenvalue weighted by molar-refractivity contribution is -0.120. The van der Waals surface area contributed by atoms with Crippen LogP contribution in [0.15, 0.2) is 48.7 Å². The third-order valence-electron chi connectivity index (χ3n) is 4.05. The van der Waals surface area contributed by atoms with Crippen LogP contribution in [0.4, 0.5) is 0 Å². The van der Waals surface area contributed by atoms with Crippen molar-refractivity contribution < 1.29 is 4.79 Å². The Morgan fingerprint density at radius 1 is 1.17 bits per heavy atom. The number of benzene rings is 2. The molecular weight excluding hydrogens is 308 g/mol. The smallest absolute Gasteiger partial charge is 0.219 e. The van der Waals surface area contributed by atoms with E-state index in [9.17, 15) is 4.79 Å². The van der Waals surface area contributed by atoms with Gasteiger partial charge in [0.15, 0.2) is 0 Å². The van der Waals surface area contributed by atoms with Crippen LogP contribution in [0.2, 0.25) is 5.02 Å². The quantitative estimate of drug-likeness (QED) is 0.746. The van der Waals surface area contributed by atoms with E-state index < -0.39 is 0 Å². The zero-order valence-electron chi connectivity index (χ0n) is 13.3. The Labute approximate surface area is 140 Å². The van der Waals surface area contributed by atoms with Crippen LogP contribution in [-0.2, 0) is 11.3 Å². The first-order valence-corrected chi connectivity index (χ1v) is 8.10. The molecule has 0 spiro atoms. The Bertz CT molecular complexity index is 867. The molecule has 4 heteroatoms. The molecule has 0 aliphatic carbocycles. The Kier molecular flexibility index (Phi) is 4.39. The van der Waals surface area contributed by atoms with Gasteiger partial charge in [0.1, 0.15) is 0 Å². The molecule has 0 aliphatic rings. The Balaban J connectivity index is 2.12. The second-order valence-corrected chi connectivity index (χ2v) is 5.97. The van der Waals surface area contributed by atoms with Crippen LogP contribution >= 0.6 is 11.6 Å². The number of amides is 1. The minimum atomic E-state index is 0.0180. The summed E-state index contributed by atoms with van der Waals surface area (Å²) in [6.07, 6.45) is 2.58. The summed E-state index contributed by atoms with van der Waals surface area (Å²) in [7, 11) is 0. The van der Waals surface area contributed by atoms with E-state index in [1.165, 1.54) is 10.9 Å². The molecular formula is C19H19ClN2O. The molecule has 0 saturated heterocycles. The van der Waals surface area contributed by atoms with Gasteiger partial charge in [-0.05, 0) is 30.7 Å². The SMILES string of the molecule is CCC(=O)NCc1c(Cl)cccc1-n1cc(C)c2ccccc21. The third-order valence-corrected chi connectivity index (χ3v) is 4.40. The molecule has 1 N–H and O–H groups in total. The fourth-order valence-corrected chi connectivity index (χ4v) is 3.05. The second kappa shape index (κ2) is 6.47. The van der Waals surface area contributed by atoms with Gasteiger partial charge in [-0.3, -0.25) is 4.79 Å². The van der Waals surface area contributed by atoms with Gasteiger partial charge in [-0.1, -0.05) is 42.8 Å². The van der Waals surface area contributed by atoms with Crippen molar-refractivity contribution in [2.24, 2.45) is 0 Å². The van der Waals surface area contributed by atoms with Crippen molar-refractivity contribution >= 4 is 28.4 Å². The van der Waals surface area contributed by atoms with Crippen molar-refractivity contribution in [2.45, 2.75) is 26.8 Å². The number of para-hydroxylation sites is 1. The average molecular weight is 327 g/mol. The van der Waals surface area contributed by atoms with E-state index in [1.54, 1.807) is 0 Å². The van der Waals surface area contributed by atoms with E-state index in [0.29, 0.717) is 18.0 Å². The molecule has 23 heavy (non-hydrogen) atoms. The number of hydrogen-bond donors (Lipinski definition) is 1. The van der Waals surface area contributed by atoms with Crippen molar-refractivity contribution in [1.82, 2.24) is 9.88 Å². The highest BCUT2D eigenvalue weighted by Crippen LogP contribution is 2.29. The molecule has 0 saturated carbocycles. The highest BCUT2D eigenvalue weighted by Gasteiger charge is 2.13. The van der Waals surface area contributed by atoms with Gasteiger partial charge in [-0.25, -0.2) is 0 Å². The highest BCUT2D eigenvalue weighted by molar-refractivity contribution is 6.31. The topological polar surface area (TPSA) is 34.0 Å². The number of halogens is 1. The number of fused-ring (bicyclic) bond motifs is 1. The normalized spacial score (nSPS) is 10.9. The van der Waals surface area contributed by atoms with E-state index >= 15 is 0 Å². The summed E-state index contributed by atoms with van der Waals surface area (Å²) < 4.78 is 2.14.